The fraction of sp³-hybridized carbons (Fsp3) is 0.571. The molecule has 0 radical (unpaired) electrons. The number of pyridine rings is 1. The van der Waals surface area contributed by atoms with Gasteiger partial charge in [-0.3, -0.25) is 9.78 Å². The third-order valence-corrected chi connectivity index (χ3v) is 3.87. The normalized spacial score (nSPS) is 18.8. The lowest BCUT2D eigenvalue weighted by Gasteiger charge is -2.34. The molecule has 2 N–H and O–H groups in total. The standard InChI is InChI=1S/C14H19F2N3O/c1-19(11-4-6-14(15,16)7-5-11)13(20)12-10(9-17)3-2-8-18-12/h2-3,8,11H,4-7,9,17H2,1H3. The van der Waals surface area contributed by atoms with Gasteiger partial charge < -0.3 is 10.6 Å². The Morgan fingerprint density at radius 3 is 2.75 bits per heavy atom. The van der Waals surface area contributed by atoms with E-state index in [9.17, 15) is 13.6 Å². The number of nitrogens with zero attached hydrogens (tertiary/aromatic N) is 2. The summed E-state index contributed by atoms with van der Waals surface area (Å²) < 4.78 is 26.3. The number of rotatable bonds is 3. The Balaban J connectivity index is 2.09. The smallest absolute Gasteiger partial charge is 0.272 e. The van der Waals surface area contributed by atoms with E-state index in [0.717, 1.165) is 0 Å². The quantitative estimate of drug-likeness (QED) is 0.925. The van der Waals surface area contributed by atoms with Crippen LogP contribution in [0.15, 0.2) is 18.3 Å². The summed E-state index contributed by atoms with van der Waals surface area (Å²) in [5.41, 5.74) is 6.58. The maximum Gasteiger partial charge on any atom is 0.272 e. The molecule has 0 unspecified atom stereocenters. The molecule has 20 heavy (non-hydrogen) atoms. The molecular weight excluding hydrogens is 264 g/mol. The molecule has 0 saturated heterocycles. The van der Waals surface area contributed by atoms with E-state index >= 15 is 0 Å². The van der Waals surface area contributed by atoms with Crippen LogP contribution in [0.5, 0.6) is 0 Å². The third kappa shape index (κ3) is 3.12. The molecule has 0 aromatic carbocycles. The van der Waals surface area contributed by atoms with Crippen LogP contribution in [0.4, 0.5) is 8.78 Å². The number of amides is 1. The Hall–Kier alpha value is -1.56. The van der Waals surface area contributed by atoms with Crippen LogP contribution in [-0.4, -0.2) is 34.8 Å². The van der Waals surface area contributed by atoms with Crippen molar-refractivity contribution in [3.63, 3.8) is 0 Å². The van der Waals surface area contributed by atoms with Crippen LogP contribution < -0.4 is 5.73 Å². The molecule has 1 aromatic heterocycles. The largest absolute Gasteiger partial charge is 0.337 e. The van der Waals surface area contributed by atoms with Crippen LogP contribution in [0, 0.1) is 0 Å². The number of hydrogen-bond donors (Lipinski definition) is 1. The van der Waals surface area contributed by atoms with Gasteiger partial charge in [0.1, 0.15) is 5.69 Å². The maximum absolute atomic E-state index is 13.2. The molecule has 6 heteroatoms. The number of nitrogens with two attached hydrogens (primary N) is 1. The van der Waals surface area contributed by atoms with Crippen molar-refractivity contribution in [3.8, 4) is 0 Å². The van der Waals surface area contributed by atoms with E-state index in [4.69, 9.17) is 5.73 Å². The van der Waals surface area contributed by atoms with Crippen molar-refractivity contribution < 1.29 is 13.6 Å². The highest BCUT2D eigenvalue weighted by Gasteiger charge is 2.37. The molecule has 1 heterocycles. The highest BCUT2D eigenvalue weighted by Crippen LogP contribution is 2.35. The average Bonchev–Trinajstić information content (AvgIpc) is 2.45. The van der Waals surface area contributed by atoms with Crippen LogP contribution in [-0.2, 0) is 6.54 Å². The molecule has 0 bridgehead atoms. The van der Waals surface area contributed by atoms with Gasteiger partial charge in [-0.2, -0.15) is 0 Å². The summed E-state index contributed by atoms with van der Waals surface area (Å²) >= 11 is 0. The van der Waals surface area contributed by atoms with Gasteiger partial charge in [0.25, 0.3) is 5.91 Å². The summed E-state index contributed by atoms with van der Waals surface area (Å²) in [5, 5.41) is 0. The van der Waals surface area contributed by atoms with Crippen molar-refractivity contribution in [3.05, 3.63) is 29.6 Å². The summed E-state index contributed by atoms with van der Waals surface area (Å²) in [7, 11) is 1.64. The number of alkyl halides is 2. The topological polar surface area (TPSA) is 59.2 Å². The second-order valence-electron chi connectivity index (χ2n) is 5.22. The first kappa shape index (κ1) is 14.8. The van der Waals surface area contributed by atoms with Gasteiger partial charge in [0.2, 0.25) is 5.92 Å². The SMILES string of the molecule is CN(C(=O)c1ncccc1CN)C1CCC(F)(F)CC1. The monoisotopic (exact) mass is 283 g/mol. The van der Waals surface area contributed by atoms with Crippen molar-refractivity contribution in [2.45, 2.75) is 44.2 Å². The molecule has 1 fully saturated rings. The van der Waals surface area contributed by atoms with Gasteiger partial charge in [-0.15, -0.1) is 0 Å². The van der Waals surface area contributed by atoms with Gasteiger partial charge in [0, 0.05) is 38.7 Å². The molecule has 0 atom stereocenters. The van der Waals surface area contributed by atoms with Gasteiger partial charge in [0.15, 0.2) is 0 Å². The Labute approximate surface area is 117 Å². The highest BCUT2D eigenvalue weighted by molar-refractivity contribution is 5.93. The van der Waals surface area contributed by atoms with E-state index in [1.807, 2.05) is 0 Å². The minimum atomic E-state index is -2.59. The number of carbonyl (C=O) groups excluding carboxylic acids is 1. The number of carbonyl (C=O) groups is 1. The first-order valence-electron chi connectivity index (χ1n) is 6.73. The van der Waals surface area contributed by atoms with Crippen LogP contribution in [0.3, 0.4) is 0 Å². The van der Waals surface area contributed by atoms with Gasteiger partial charge in [0.05, 0.1) is 0 Å². The average molecular weight is 283 g/mol. The molecule has 4 nitrogen and oxygen atoms in total. The second kappa shape index (κ2) is 5.83. The third-order valence-electron chi connectivity index (χ3n) is 3.87. The van der Waals surface area contributed by atoms with Crippen LogP contribution in [0.25, 0.3) is 0 Å². The predicted octanol–water partition coefficient (Wildman–Crippen LogP) is 2.19. The summed E-state index contributed by atoms with van der Waals surface area (Å²) in [4.78, 5) is 18.0. The van der Waals surface area contributed by atoms with Gasteiger partial charge in [-0.25, -0.2) is 8.78 Å². The fourth-order valence-corrected chi connectivity index (χ4v) is 2.54. The molecule has 1 aromatic rings. The van der Waals surface area contributed by atoms with Crippen molar-refractivity contribution in [2.75, 3.05) is 7.05 Å². The van der Waals surface area contributed by atoms with E-state index in [-0.39, 0.29) is 31.3 Å². The van der Waals surface area contributed by atoms with Crippen molar-refractivity contribution in [1.82, 2.24) is 9.88 Å². The van der Waals surface area contributed by atoms with Crippen molar-refractivity contribution in [1.29, 1.82) is 0 Å². The summed E-state index contributed by atoms with van der Waals surface area (Å²) in [5.74, 6) is -2.84. The minimum absolute atomic E-state index is 0.158. The van der Waals surface area contributed by atoms with E-state index in [0.29, 0.717) is 24.1 Å². The molecule has 1 amide bonds. The minimum Gasteiger partial charge on any atom is -0.337 e. The Morgan fingerprint density at radius 1 is 1.50 bits per heavy atom. The van der Waals surface area contributed by atoms with Crippen LogP contribution in [0.1, 0.15) is 41.7 Å². The van der Waals surface area contributed by atoms with Gasteiger partial charge >= 0.3 is 0 Å². The molecular formula is C14H19F2N3O. The molecule has 2 rings (SSSR count). The van der Waals surface area contributed by atoms with E-state index in [1.54, 1.807) is 19.2 Å². The second-order valence-corrected chi connectivity index (χ2v) is 5.22. The molecule has 1 aliphatic carbocycles. The van der Waals surface area contributed by atoms with Crippen molar-refractivity contribution >= 4 is 5.91 Å². The lowest BCUT2D eigenvalue weighted by molar-refractivity contribution is -0.0491. The maximum atomic E-state index is 13.2. The Bertz CT molecular complexity index is 483. The van der Waals surface area contributed by atoms with E-state index in [1.165, 1.54) is 11.1 Å². The molecule has 0 spiro atoms. The van der Waals surface area contributed by atoms with Gasteiger partial charge in [-0.1, -0.05) is 6.07 Å². The first-order valence-corrected chi connectivity index (χ1v) is 6.73. The Morgan fingerprint density at radius 2 is 2.15 bits per heavy atom. The fourth-order valence-electron chi connectivity index (χ4n) is 2.54. The zero-order valence-electron chi connectivity index (χ0n) is 11.5. The zero-order chi connectivity index (χ0) is 14.8. The van der Waals surface area contributed by atoms with Crippen LogP contribution >= 0.6 is 0 Å². The van der Waals surface area contributed by atoms with E-state index < -0.39 is 5.92 Å². The lowest BCUT2D eigenvalue weighted by Crippen LogP contribution is -2.42. The lowest BCUT2D eigenvalue weighted by atomic mass is 9.91. The number of aromatic nitrogens is 1. The number of halogens is 2. The highest BCUT2D eigenvalue weighted by atomic mass is 19.3. The first-order chi connectivity index (χ1) is 9.44. The predicted molar refractivity (Wildman–Crippen MR) is 71.4 cm³/mol. The number of hydrogen-bond acceptors (Lipinski definition) is 3. The van der Waals surface area contributed by atoms with Crippen LogP contribution in [0.2, 0.25) is 0 Å². The summed E-state index contributed by atoms with van der Waals surface area (Å²) in [6, 6.07) is 3.32. The van der Waals surface area contributed by atoms with E-state index in [2.05, 4.69) is 4.98 Å². The summed E-state index contributed by atoms with van der Waals surface area (Å²) in [6.07, 6.45) is 1.85. The molecule has 1 aliphatic rings. The molecule has 110 valence electrons. The summed E-state index contributed by atoms with van der Waals surface area (Å²) in [6.45, 7) is 0.228. The van der Waals surface area contributed by atoms with Gasteiger partial charge in [-0.05, 0) is 24.5 Å². The zero-order valence-corrected chi connectivity index (χ0v) is 11.5. The Kier molecular flexibility index (Phi) is 4.32. The molecule has 1 saturated carbocycles. The molecule has 0 aliphatic heterocycles. The van der Waals surface area contributed by atoms with Crippen molar-refractivity contribution in [2.24, 2.45) is 5.73 Å².